The Kier molecular flexibility index (Phi) is 3.57. The monoisotopic (exact) mass is 275 g/mol. The molecule has 1 aromatic carbocycles. The van der Waals surface area contributed by atoms with Crippen LogP contribution in [0, 0.1) is 6.92 Å². The number of aryl methyl sites for hydroxylation is 1. The Morgan fingerprint density at radius 3 is 3.05 bits per heavy atom. The van der Waals surface area contributed by atoms with Crippen molar-refractivity contribution in [3.63, 3.8) is 0 Å². The Morgan fingerprint density at radius 1 is 1.42 bits per heavy atom. The Morgan fingerprint density at radius 2 is 2.32 bits per heavy atom. The predicted molar refractivity (Wildman–Crippen MR) is 76.3 cm³/mol. The molecule has 100 valence electrons. The van der Waals surface area contributed by atoms with E-state index in [1.807, 2.05) is 11.8 Å². The molecule has 0 amide bonds. The minimum absolute atomic E-state index is 0.136. The minimum Gasteiger partial charge on any atom is -0.339 e. The van der Waals surface area contributed by atoms with E-state index in [0.29, 0.717) is 12.3 Å². The molecule has 0 aliphatic carbocycles. The van der Waals surface area contributed by atoms with Gasteiger partial charge in [0.25, 0.3) is 0 Å². The quantitative estimate of drug-likeness (QED) is 0.929. The normalized spacial score (nSPS) is 22.8. The van der Waals surface area contributed by atoms with Crippen LogP contribution in [0.15, 0.2) is 28.8 Å². The standard InChI is InChI=1S/C14H17N3OS/c1-9-3-2-4-10(5-9)6-13-16-14(18-17-13)11-7-19-8-12(11)15/h2-5,11-12H,6-8,15H2,1H3. The molecule has 1 aromatic heterocycles. The molecule has 0 saturated carbocycles. The number of aromatic nitrogens is 2. The first-order valence-corrected chi connectivity index (χ1v) is 7.59. The molecule has 2 heterocycles. The van der Waals surface area contributed by atoms with Gasteiger partial charge in [-0.2, -0.15) is 16.7 Å². The second-order valence-corrected chi connectivity index (χ2v) is 6.10. The molecule has 0 bridgehead atoms. The number of nitrogens with two attached hydrogens (primary N) is 1. The first-order valence-electron chi connectivity index (χ1n) is 6.44. The average Bonchev–Trinajstić information content (AvgIpc) is 2.98. The van der Waals surface area contributed by atoms with Crippen LogP contribution in [-0.4, -0.2) is 27.7 Å². The lowest BCUT2D eigenvalue weighted by molar-refractivity contribution is 0.349. The van der Waals surface area contributed by atoms with Gasteiger partial charge in [-0.15, -0.1) is 0 Å². The van der Waals surface area contributed by atoms with Gasteiger partial charge in [0.2, 0.25) is 5.89 Å². The highest BCUT2D eigenvalue weighted by Gasteiger charge is 2.30. The van der Waals surface area contributed by atoms with Gasteiger partial charge in [0.05, 0.1) is 5.92 Å². The molecular formula is C14H17N3OS. The van der Waals surface area contributed by atoms with Crippen molar-refractivity contribution in [1.29, 1.82) is 0 Å². The topological polar surface area (TPSA) is 64.9 Å². The molecule has 0 spiro atoms. The van der Waals surface area contributed by atoms with E-state index in [1.165, 1.54) is 11.1 Å². The zero-order chi connectivity index (χ0) is 13.2. The van der Waals surface area contributed by atoms with Crippen LogP contribution in [0.25, 0.3) is 0 Å². The summed E-state index contributed by atoms with van der Waals surface area (Å²) in [5.41, 5.74) is 8.50. The first kappa shape index (κ1) is 12.7. The molecule has 1 aliphatic heterocycles. The van der Waals surface area contributed by atoms with Gasteiger partial charge >= 0.3 is 0 Å². The molecule has 5 heteroatoms. The lowest BCUT2D eigenvalue weighted by Gasteiger charge is -2.07. The van der Waals surface area contributed by atoms with Gasteiger partial charge < -0.3 is 10.3 Å². The first-order chi connectivity index (χ1) is 9.22. The van der Waals surface area contributed by atoms with E-state index in [4.69, 9.17) is 10.3 Å². The maximum absolute atomic E-state index is 6.04. The Hall–Kier alpha value is -1.33. The third kappa shape index (κ3) is 2.82. The fourth-order valence-corrected chi connectivity index (χ4v) is 3.60. The largest absolute Gasteiger partial charge is 0.339 e. The van der Waals surface area contributed by atoms with Crippen molar-refractivity contribution in [2.75, 3.05) is 11.5 Å². The van der Waals surface area contributed by atoms with Crippen molar-refractivity contribution in [2.24, 2.45) is 5.73 Å². The fraction of sp³-hybridized carbons (Fsp3) is 0.429. The molecule has 3 rings (SSSR count). The summed E-state index contributed by atoms with van der Waals surface area (Å²) < 4.78 is 5.37. The zero-order valence-corrected chi connectivity index (χ0v) is 11.7. The second kappa shape index (κ2) is 5.35. The summed E-state index contributed by atoms with van der Waals surface area (Å²) in [5.74, 6) is 3.60. The Labute approximate surface area is 116 Å². The van der Waals surface area contributed by atoms with Gasteiger partial charge in [-0.1, -0.05) is 35.0 Å². The lowest BCUT2D eigenvalue weighted by atomic mass is 10.1. The van der Waals surface area contributed by atoms with Crippen LogP contribution in [0.2, 0.25) is 0 Å². The molecule has 4 nitrogen and oxygen atoms in total. The van der Waals surface area contributed by atoms with E-state index in [9.17, 15) is 0 Å². The van der Waals surface area contributed by atoms with E-state index in [1.54, 1.807) is 0 Å². The molecule has 2 N–H and O–H groups in total. The molecular weight excluding hydrogens is 258 g/mol. The van der Waals surface area contributed by atoms with Crippen LogP contribution in [0.3, 0.4) is 0 Å². The van der Waals surface area contributed by atoms with Gasteiger partial charge in [-0.05, 0) is 12.5 Å². The van der Waals surface area contributed by atoms with Crippen LogP contribution >= 0.6 is 11.8 Å². The lowest BCUT2D eigenvalue weighted by Crippen LogP contribution is -2.26. The van der Waals surface area contributed by atoms with Crippen molar-refractivity contribution in [2.45, 2.75) is 25.3 Å². The van der Waals surface area contributed by atoms with Gasteiger partial charge in [0.1, 0.15) is 0 Å². The third-order valence-corrected chi connectivity index (χ3v) is 4.59. The summed E-state index contributed by atoms with van der Waals surface area (Å²) in [4.78, 5) is 4.50. The predicted octanol–water partition coefficient (Wildman–Crippen LogP) is 2.13. The van der Waals surface area contributed by atoms with Crippen molar-refractivity contribution in [1.82, 2.24) is 10.1 Å². The number of hydrogen-bond donors (Lipinski definition) is 1. The number of hydrogen-bond acceptors (Lipinski definition) is 5. The molecule has 2 atom stereocenters. The molecule has 1 aliphatic rings. The number of rotatable bonds is 3. The summed E-state index contributed by atoms with van der Waals surface area (Å²) in [6.07, 6.45) is 0.709. The Bertz CT molecular complexity index is 569. The van der Waals surface area contributed by atoms with Gasteiger partial charge in [-0.25, -0.2) is 0 Å². The van der Waals surface area contributed by atoms with E-state index in [2.05, 4.69) is 41.3 Å². The van der Waals surface area contributed by atoms with Crippen molar-refractivity contribution in [3.8, 4) is 0 Å². The van der Waals surface area contributed by atoms with E-state index in [0.717, 1.165) is 17.3 Å². The van der Waals surface area contributed by atoms with Crippen LogP contribution < -0.4 is 5.73 Å². The summed E-state index contributed by atoms with van der Waals surface area (Å²) in [6.45, 7) is 2.08. The minimum atomic E-state index is 0.136. The summed E-state index contributed by atoms with van der Waals surface area (Å²) >= 11 is 1.85. The van der Waals surface area contributed by atoms with Crippen molar-refractivity contribution in [3.05, 3.63) is 47.1 Å². The number of nitrogens with zero attached hydrogens (tertiary/aromatic N) is 2. The number of benzene rings is 1. The van der Waals surface area contributed by atoms with Gasteiger partial charge in [0.15, 0.2) is 5.82 Å². The Balaban J connectivity index is 1.74. The van der Waals surface area contributed by atoms with Crippen LogP contribution in [0.1, 0.15) is 28.8 Å². The molecule has 19 heavy (non-hydrogen) atoms. The molecule has 2 unspecified atom stereocenters. The van der Waals surface area contributed by atoms with Crippen LogP contribution in [0.4, 0.5) is 0 Å². The average molecular weight is 275 g/mol. The molecule has 1 saturated heterocycles. The third-order valence-electron chi connectivity index (χ3n) is 3.37. The van der Waals surface area contributed by atoms with E-state index < -0.39 is 0 Å². The summed E-state index contributed by atoms with van der Waals surface area (Å²) in [7, 11) is 0. The highest BCUT2D eigenvalue weighted by atomic mass is 32.2. The maximum Gasteiger partial charge on any atom is 0.232 e. The van der Waals surface area contributed by atoms with E-state index in [-0.39, 0.29) is 12.0 Å². The maximum atomic E-state index is 6.04. The van der Waals surface area contributed by atoms with E-state index >= 15 is 0 Å². The highest BCUT2D eigenvalue weighted by molar-refractivity contribution is 7.99. The zero-order valence-electron chi connectivity index (χ0n) is 10.9. The van der Waals surface area contributed by atoms with Crippen LogP contribution in [-0.2, 0) is 6.42 Å². The molecule has 1 fully saturated rings. The SMILES string of the molecule is Cc1cccc(Cc2noc(C3CSCC3N)n2)c1. The molecule has 0 radical (unpaired) electrons. The smallest absolute Gasteiger partial charge is 0.232 e. The van der Waals surface area contributed by atoms with Crippen molar-refractivity contribution >= 4 is 11.8 Å². The highest BCUT2D eigenvalue weighted by Crippen LogP contribution is 2.30. The second-order valence-electron chi connectivity index (χ2n) is 5.02. The van der Waals surface area contributed by atoms with Gasteiger partial charge in [0, 0.05) is 24.0 Å². The van der Waals surface area contributed by atoms with Crippen LogP contribution in [0.5, 0.6) is 0 Å². The van der Waals surface area contributed by atoms with Gasteiger partial charge in [-0.3, -0.25) is 0 Å². The molecule has 2 aromatic rings. The summed E-state index contributed by atoms with van der Waals surface area (Å²) in [6, 6.07) is 8.50. The number of thioether (sulfide) groups is 1. The summed E-state index contributed by atoms with van der Waals surface area (Å²) in [5, 5.41) is 4.07. The fourth-order valence-electron chi connectivity index (χ4n) is 2.32. The van der Waals surface area contributed by atoms with Crippen molar-refractivity contribution < 1.29 is 4.52 Å².